The van der Waals surface area contributed by atoms with Crippen molar-refractivity contribution in [2.24, 2.45) is 4.99 Å². The lowest BCUT2D eigenvalue weighted by atomic mass is 9.99. The largest absolute Gasteiger partial charge is 0.449 e. The van der Waals surface area contributed by atoms with E-state index in [1.165, 1.54) is 5.56 Å². The molecular formula is C30H30ClN5O2S. The monoisotopic (exact) mass is 559 g/mol. The molecule has 9 heteroatoms. The standard InChI is InChI=1S/C30H30ClN5O2S/c1-20-33-34-27-19-32-28(22-13-5-6-14-24(22)31)23-18-26(39-29(23)36(20)27)25-15-7-8-16-35(25)30(37)38-17-9-12-21-10-3-2-4-11-21/h2-6,10-11,13-14,18,25H,7-9,12,15-17,19H2,1H3. The first kappa shape index (κ1) is 25.8. The molecule has 1 unspecified atom stereocenters. The predicted molar refractivity (Wildman–Crippen MR) is 154 cm³/mol. The second-order valence-electron chi connectivity index (χ2n) is 9.92. The summed E-state index contributed by atoms with van der Waals surface area (Å²) >= 11 is 8.31. The van der Waals surface area contributed by atoms with E-state index in [9.17, 15) is 4.79 Å². The van der Waals surface area contributed by atoms with Crippen molar-refractivity contribution in [1.82, 2.24) is 19.7 Å². The Morgan fingerprint density at radius 3 is 2.74 bits per heavy atom. The lowest BCUT2D eigenvalue weighted by molar-refractivity contribution is 0.0730. The number of halogens is 1. The maximum Gasteiger partial charge on any atom is 0.410 e. The second kappa shape index (κ2) is 11.3. The van der Waals surface area contributed by atoms with Gasteiger partial charge in [-0.1, -0.05) is 60.1 Å². The van der Waals surface area contributed by atoms with Gasteiger partial charge in [0.15, 0.2) is 5.82 Å². The third-order valence-electron chi connectivity index (χ3n) is 7.33. The molecule has 1 atom stereocenters. The Balaban J connectivity index is 1.28. The number of amides is 1. The van der Waals surface area contributed by atoms with Gasteiger partial charge < -0.3 is 9.64 Å². The van der Waals surface area contributed by atoms with Crippen LogP contribution >= 0.6 is 22.9 Å². The number of nitrogens with zero attached hydrogens (tertiary/aromatic N) is 5. The molecule has 4 aromatic rings. The highest BCUT2D eigenvalue weighted by Gasteiger charge is 2.33. The highest BCUT2D eigenvalue weighted by Crippen LogP contribution is 2.41. The molecule has 6 rings (SSSR count). The first-order chi connectivity index (χ1) is 19.1. The van der Waals surface area contributed by atoms with Gasteiger partial charge in [0, 0.05) is 27.6 Å². The van der Waals surface area contributed by atoms with Gasteiger partial charge in [0.25, 0.3) is 0 Å². The number of likely N-dealkylation sites (tertiary alicyclic amines) is 1. The molecule has 7 nitrogen and oxygen atoms in total. The van der Waals surface area contributed by atoms with E-state index in [1.807, 2.05) is 54.3 Å². The van der Waals surface area contributed by atoms with Gasteiger partial charge in [-0.25, -0.2) is 4.79 Å². The molecule has 2 aromatic heterocycles. The number of carbonyl (C=O) groups excluding carboxylic acids is 1. The Kier molecular flexibility index (Phi) is 7.48. The molecule has 1 amide bonds. The van der Waals surface area contributed by atoms with Crippen LogP contribution in [0.5, 0.6) is 0 Å². The van der Waals surface area contributed by atoms with E-state index in [0.717, 1.165) is 70.5 Å². The summed E-state index contributed by atoms with van der Waals surface area (Å²) in [5.74, 6) is 1.61. The van der Waals surface area contributed by atoms with Crippen LogP contribution < -0.4 is 0 Å². The lowest BCUT2D eigenvalue weighted by Gasteiger charge is -2.34. The molecule has 1 saturated heterocycles. The highest BCUT2D eigenvalue weighted by molar-refractivity contribution is 7.15. The molecule has 1 fully saturated rings. The molecule has 0 N–H and O–H groups in total. The number of hydrogen-bond donors (Lipinski definition) is 0. The van der Waals surface area contributed by atoms with Crippen molar-refractivity contribution in [2.75, 3.05) is 13.2 Å². The Morgan fingerprint density at radius 2 is 1.90 bits per heavy atom. The van der Waals surface area contributed by atoms with Crippen molar-refractivity contribution in [2.45, 2.75) is 51.6 Å². The van der Waals surface area contributed by atoms with Crippen molar-refractivity contribution < 1.29 is 9.53 Å². The zero-order chi connectivity index (χ0) is 26.8. The SMILES string of the molecule is Cc1nnc2n1-c1sc(C3CCCCN3C(=O)OCCCc3ccccc3)cc1C(c1ccccc1Cl)=NC2. The van der Waals surface area contributed by atoms with Crippen LogP contribution in [0.2, 0.25) is 5.02 Å². The smallest absolute Gasteiger partial charge is 0.410 e. The van der Waals surface area contributed by atoms with Crippen LogP contribution in [-0.4, -0.2) is 44.6 Å². The number of aliphatic imine (C=N–C) groups is 1. The molecule has 0 spiro atoms. The number of benzene rings is 2. The first-order valence-electron chi connectivity index (χ1n) is 13.4. The van der Waals surface area contributed by atoms with Gasteiger partial charge in [0.1, 0.15) is 17.4 Å². The second-order valence-corrected chi connectivity index (χ2v) is 11.4. The topological polar surface area (TPSA) is 72.6 Å². The molecule has 200 valence electrons. The summed E-state index contributed by atoms with van der Waals surface area (Å²) in [6.45, 7) is 3.47. The minimum atomic E-state index is -0.238. The quantitative estimate of drug-likeness (QED) is 0.240. The number of carbonyl (C=O) groups is 1. The maximum atomic E-state index is 13.3. The molecule has 0 aliphatic carbocycles. The minimum Gasteiger partial charge on any atom is -0.449 e. The summed E-state index contributed by atoms with van der Waals surface area (Å²) < 4.78 is 7.86. The Morgan fingerprint density at radius 1 is 1.08 bits per heavy atom. The molecule has 0 radical (unpaired) electrons. The van der Waals surface area contributed by atoms with Gasteiger partial charge in [-0.05, 0) is 56.7 Å². The van der Waals surface area contributed by atoms with E-state index in [2.05, 4.69) is 33.0 Å². The number of piperidine rings is 1. The van der Waals surface area contributed by atoms with Crippen LogP contribution in [0.1, 0.15) is 64.9 Å². The van der Waals surface area contributed by atoms with Gasteiger partial charge in [-0.2, -0.15) is 0 Å². The van der Waals surface area contributed by atoms with Crippen molar-refractivity contribution in [3.05, 3.63) is 98.9 Å². The van der Waals surface area contributed by atoms with Crippen molar-refractivity contribution in [3.8, 4) is 5.00 Å². The van der Waals surface area contributed by atoms with E-state index < -0.39 is 0 Å². The van der Waals surface area contributed by atoms with Crippen LogP contribution in [0.3, 0.4) is 0 Å². The van der Waals surface area contributed by atoms with Gasteiger partial charge in [0.05, 0.1) is 18.4 Å². The molecule has 0 saturated carbocycles. The molecule has 0 bridgehead atoms. The van der Waals surface area contributed by atoms with Gasteiger partial charge >= 0.3 is 6.09 Å². The highest BCUT2D eigenvalue weighted by atomic mass is 35.5. The van der Waals surface area contributed by atoms with Crippen LogP contribution in [0.25, 0.3) is 5.00 Å². The van der Waals surface area contributed by atoms with Crippen LogP contribution in [0.4, 0.5) is 4.79 Å². The maximum absolute atomic E-state index is 13.3. The summed E-state index contributed by atoms with van der Waals surface area (Å²) in [6, 6.07) is 20.2. The number of rotatable bonds is 6. The zero-order valence-electron chi connectivity index (χ0n) is 21.8. The van der Waals surface area contributed by atoms with E-state index in [-0.39, 0.29) is 12.1 Å². The van der Waals surface area contributed by atoms with Crippen LogP contribution in [-0.2, 0) is 17.7 Å². The summed E-state index contributed by atoms with van der Waals surface area (Å²) in [5.41, 5.74) is 3.98. The molecular weight excluding hydrogens is 530 g/mol. The van der Waals surface area contributed by atoms with Crippen LogP contribution in [0.15, 0.2) is 65.7 Å². The van der Waals surface area contributed by atoms with Crippen molar-refractivity contribution in [1.29, 1.82) is 0 Å². The molecule has 39 heavy (non-hydrogen) atoms. The third kappa shape index (κ3) is 5.23. The van der Waals surface area contributed by atoms with E-state index >= 15 is 0 Å². The van der Waals surface area contributed by atoms with Crippen molar-refractivity contribution >= 4 is 34.7 Å². The lowest BCUT2D eigenvalue weighted by Crippen LogP contribution is -2.38. The summed E-state index contributed by atoms with van der Waals surface area (Å²) in [5, 5.41) is 10.4. The summed E-state index contributed by atoms with van der Waals surface area (Å²) in [4.78, 5) is 21.2. The van der Waals surface area contributed by atoms with Gasteiger partial charge in [-0.3, -0.25) is 9.56 Å². The Labute approximate surface area is 237 Å². The normalized spacial score (nSPS) is 16.7. The molecule has 4 heterocycles. The van der Waals surface area contributed by atoms with Gasteiger partial charge in [0.2, 0.25) is 0 Å². The molecule has 2 aromatic carbocycles. The average molecular weight is 560 g/mol. The predicted octanol–water partition coefficient (Wildman–Crippen LogP) is 6.94. The Hall–Kier alpha value is -3.49. The fourth-order valence-corrected chi connectivity index (χ4v) is 7.00. The number of thiophene rings is 1. The third-order valence-corrected chi connectivity index (χ3v) is 8.88. The number of fused-ring (bicyclic) bond motifs is 3. The summed E-state index contributed by atoms with van der Waals surface area (Å²) in [6.07, 6.45) is 4.38. The number of hydrogen-bond acceptors (Lipinski definition) is 6. The van der Waals surface area contributed by atoms with E-state index in [0.29, 0.717) is 24.7 Å². The van der Waals surface area contributed by atoms with E-state index in [1.54, 1.807) is 11.3 Å². The number of ether oxygens (including phenoxy) is 1. The molecule has 2 aliphatic rings. The first-order valence-corrected chi connectivity index (χ1v) is 14.6. The van der Waals surface area contributed by atoms with Crippen LogP contribution in [0, 0.1) is 6.92 Å². The van der Waals surface area contributed by atoms with Gasteiger partial charge in [-0.15, -0.1) is 21.5 Å². The van der Waals surface area contributed by atoms with E-state index in [4.69, 9.17) is 21.3 Å². The average Bonchev–Trinajstić information content (AvgIpc) is 3.52. The fraction of sp³-hybridized carbons (Fsp3) is 0.333. The summed E-state index contributed by atoms with van der Waals surface area (Å²) in [7, 11) is 0. The van der Waals surface area contributed by atoms with Crippen molar-refractivity contribution in [3.63, 3.8) is 0 Å². The number of aromatic nitrogens is 3. The fourth-order valence-electron chi connectivity index (χ4n) is 5.40. The minimum absolute atomic E-state index is 0.0509. The molecule has 2 aliphatic heterocycles. The zero-order valence-corrected chi connectivity index (χ0v) is 23.4. The number of aryl methyl sites for hydroxylation is 2. The Bertz CT molecular complexity index is 1510.